The number of aliphatic hydroxyl groups excluding tert-OH is 1. The topological polar surface area (TPSA) is 46.5 Å². The lowest BCUT2D eigenvalue weighted by Gasteiger charge is -2.56. The van der Waals surface area contributed by atoms with Gasteiger partial charge in [0.05, 0.1) is 6.10 Å². The van der Waals surface area contributed by atoms with E-state index < -0.39 is 0 Å². The van der Waals surface area contributed by atoms with E-state index in [0.29, 0.717) is 12.2 Å². The van der Waals surface area contributed by atoms with Crippen molar-refractivity contribution in [2.75, 3.05) is 0 Å². The number of benzene rings is 1. The molecule has 0 heterocycles. The summed E-state index contributed by atoms with van der Waals surface area (Å²) in [4.78, 5) is 11.6. The van der Waals surface area contributed by atoms with Gasteiger partial charge in [-0.15, -0.1) is 0 Å². The Balaban J connectivity index is 2.18. The highest BCUT2D eigenvalue weighted by Gasteiger charge is 2.53. The van der Waals surface area contributed by atoms with E-state index in [-0.39, 0.29) is 34.7 Å². The minimum absolute atomic E-state index is 0.0703. The highest BCUT2D eigenvalue weighted by Crippen LogP contribution is 2.57. The first-order valence-corrected chi connectivity index (χ1v) is 9.60. The SMILES string of the molecule is CC(=O)Oc1cc2c(cc1C(C)C)C[C@@H](O)[C@H]1C(C)(C)CCC[C@]21C. The molecule has 3 heteroatoms. The van der Waals surface area contributed by atoms with Crippen LogP contribution in [0.15, 0.2) is 12.1 Å². The summed E-state index contributed by atoms with van der Waals surface area (Å²) in [7, 11) is 0. The first-order valence-electron chi connectivity index (χ1n) is 9.60. The van der Waals surface area contributed by atoms with Crippen molar-refractivity contribution in [3.8, 4) is 5.75 Å². The molecule has 138 valence electrons. The van der Waals surface area contributed by atoms with E-state index in [9.17, 15) is 9.90 Å². The van der Waals surface area contributed by atoms with E-state index >= 15 is 0 Å². The molecule has 3 atom stereocenters. The van der Waals surface area contributed by atoms with Gasteiger partial charge in [-0.3, -0.25) is 4.79 Å². The van der Waals surface area contributed by atoms with Gasteiger partial charge in [0.25, 0.3) is 0 Å². The Morgan fingerprint density at radius 3 is 2.52 bits per heavy atom. The third-order valence-electron chi connectivity index (χ3n) is 6.59. The van der Waals surface area contributed by atoms with Crippen LogP contribution in [0.2, 0.25) is 0 Å². The van der Waals surface area contributed by atoms with Crippen molar-refractivity contribution in [3.05, 3.63) is 28.8 Å². The fraction of sp³-hybridized carbons (Fsp3) is 0.682. The Labute approximate surface area is 151 Å². The van der Waals surface area contributed by atoms with Crippen LogP contribution in [0, 0.1) is 11.3 Å². The molecule has 1 aromatic rings. The van der Waals surface area contributed by atoms with Crippen LogP contribution in [-0.2, 0) is 16.6 Å². The van der Waals surface area contributed by atoms with Crippen molar-refractivity contribution in [2.24, 2.45) is 11.3 Å². The molecular weight excluding hydrogens is 312 g/mol. The van der Waals surface area contributed by atoms with Gasteiger partial charge >= 0.3 is 5.97 Å². The Morgan fingerprint density at radius 2 is 1.92 bits per heavy atom. The largest absolute Gasteiger partial charge is 0.426 e. The molecule has 3 nitrogen and oxygen atoms in total. The van der Waals surface area contributed by atoms with Gasteiger partial charge in [-0.25, -0.2) is 0 Å². The van der Waals surface area contributed by atoms with Crippen LogP contribution in [0.25, 0.3) is 0 Å². The highest BCUT2D eigenvalue weighted by molar-refractivity contribution is 5.70. The number of ether oxygens (including phenoxy) is 1. The number of fused-ring (bicyclic) bond motifs is 3. The van der Waals surface area contributed by atoms with Crippen LogP contribution in [0.5, 0.6) is 5.75 Å². The van der Waals surface area contributed by atoms with E-state index in [1.54, 1.807) is 0 Å². The van der Waals surface area contributed by atoms with Crippen molar-refractivity contribution in [1.29, 1.82) is 0 Å². The number of rotatable bonds is 2. The maximum atomic E-state index is 11.6. The Bertz CT molecular complexity index is 689. The zero-order chi connectivity index (χ0) is 18.6. The molecular formula is C22H32O3. The lowest BCUT2D eigenvalue weighted by molar-refractivity contribution is -0.132. The molecule has 0 spiro atoms. The summed E-state index contributed by atoms with van der Waals surface area (Å²) in [5.74, 6) is 0.922. The van der Waals surface area contributed by atoms with Gasteiger partial charge in [0.1, 0.15) is 5.75 Å². The molecule has 0 bridgehead atoms. The van der Waals surface area contributed by atoms with Crippen LogP contribution >= 0.6 is 0 Å². The zero-order valence-corrected chi connectivity index (χ0v) is 16.5. The monoisotopic (exact) mass is 344 g/mol. The van der Waals surface area contributed by atoms with E-state index in [1.807, 2.05) is 0 Å². The first-order chi connectivity index (χ1) is 11.6. The molecule has 0 amide bonds. The van der Waals surface area contributed by atoms with Gasteiger partial charge in [0.2, 0.25) is 0 Å². The lowest BCUT2D eigenvalue weighted by atomic mass is 9.49. The van der Waals surface area contributed by atoms with E-state index in [0.717, 1.165) is 18.4 Å². The van der Waals surface area contributed by atoms with Crippen LogP contribution in [-0.4, -0.2) is 17.2 Å². The predicted molar refractivity (Wildman–Crippen MR) is 100 cm³/mol. The second-order valence-corrected chi connectivity index (χ2v) is 9.30. The number of hydrogen-bond acceptors (Lipinski definition) is 3. The number of carbonyl (C=O) groups excluding carboxylic acids is 1. The fourth-order valence-corrected chi connectivity index (χ4v) is 5.71. The third kappa shape index (κ3) is 3.01. The second-order valence-electron chi connectivity index (χ2n) is 9.30. The molecule has 0 aliphatic heterocycles. The molecule has 1 saturated carbocycles. The standard InChI is InChI=1S/C22H32O3/c1-13(2)16-10-15-11-18(24)20-21(4,5)8-7-9-22(20,6)17(15)12-19(16)25-14(3)23/h10,12-13,18,20,24H,7-9,11H2,1-6H3/t18-,20+,22-/m1/s1. The summed E-state index contributed by atoms with van der Waals surface area (Å²) in [5.41, 5.74) is 3.60. The van der Waals surface area contributed by atoms with Crippen molar-refractivity contribution >= 4 is 5.97 Å². The van der Waals surface area contributed by atoms with Gasteiger partial charge in [-0.2, -0.15) is 0 Å². The minimum atomic E-state index is -0.313. The van der Waals surface area contributed by atoms with E-state index in [4.69, 9.17) is 4.74 Å². The maximum Gasteiger partial charge on any atom is 0.308 e. The molecule has 0 saturated heterocycles. The van der Waals surface area contributed by atoms with Crippen LogP contribution in [0.4, 0.5) is 0 Å². The molecule has 25 heavy (non-hydrogen) atoms. The Hall–Kier alpha value is -1.35. The molecule has 2 aliphatic carbocycles. The van der Waals surface area contributed by atoms with Crippen LogP contribution in [0.1, 0.15) is 83.4 Å². The van der Waals surface area contributed by atoms with E-state index in [1.165, 1.54) is 24.5 Å². The minimum Gasteiger partial charge on any atom is -0.426 e. The smallest absolute Gasteiger partial charge is 0.308 e. The quantitative estimate of drug-likeness (QED) is 0.623. The van der Waals surface area contributed by atoms with Crippen molar-refractivity contribution in [3.63, 3.8) is 0 Å². The lowest BCUT2D eigenvalue weighted by Crippen LogP contribution is -2.54. The van der Waals surface area contributed by atoms with Gasteiger partial charge in [-0.05, 0) is 64.7 Å². The molecule has 1 N–H and O–H groups in total. The Kier molecular flexibility index (Phi) is 4.51. The van der Waals surface area contributed by atoms with E-state index in [2.05, 4.69) is 46.8 Å². The fourth-order valence-electron chi connectivity index (χ4n) is 5.71. The number of esters is 1. The summed E-state index contributed by atoms with van der Waals surface area (Å²) >= 11 is 0. The summed E-state index contributed by atoms with van der Waals surface area (Å²) in [6.45, 7) is 12.6. The summed E-state index contributed by atoms with van der Waals surface area (Å²) < 4.78 is 5.57. The molecule has 2 aliphatic rings. The number of carbonyl (C=O) groups is 1. The first kappa shape index (κ1) is 18.4. The molecule has 0 radical (unpaired) electrons. The average molecular weight is 344 g/mol. The van der Waals surface area contributed by atoms with Gasteiger partial charge < -0.3 is 9.84 Å². The van der Waals surface area contributed by atoms with Gasteiger partial charge in [0, 0.05) is 6.92 Å². The molecule has 1 fully saturated rings. The van der Waals surface area contributed by atoms with Gasteiger partial charge in [-0.1, -0.05) is 47.1 Å². The molecule has 1 aromatic carbocycles. The normalized spacial score (nSPS) is 30.6. The summed E-state index contributed by atoms with van der Waals surface area (Å²) in [6, 6.07) is 4.27. The van der Waals surface area contributed by atoms with Gasteiger partial charge in [0.15, 0.2) is 0 Å². The maximum absolute atomic E-state index is 11.6. The molecule has 0 unspecified atom stereocenters. The number of hydrogen-bond donors (Lipinski definition) is 1. The van der Waals surface area contributed by atoms with Crippen molar-refractivity contribution < 1.29 is 14.6 Å². The highest BCUT2D eigenvalue weighted by atomic mass is 16.5. The molecule has 0 aromatic heterocycles. The molecule has 3 rings (SSSR count). The van der Waals surface area contributed by atoms with Crippen molar-refractivity contribution in [1.82, 2.24) is 0 Å². The van der Waals surface area contributed by atoms with Crippen LogP contribution in [0.3, 0.4) is 0 Å². The average Bonchev–Trinajstić information content (AvgIpc) is 2.45. The summed E-state index contributed by atoms with van der Waals surface area (Å²) in [6.07, 6.45) is 3.78. The van der Waals surface area contributed by atoms with Crippen molar-refractivity contribution in [2.45, 2.75) is 84.7 Å². The predicted octanol–water partition coefficient (Wildman–Crippen LogP) is 4.74. The number of aliphatic hydroxyl groups is 1. The summed E-state index contributed by atoms with van der Waals surface area (Å²) in [5, 5.41) is 11.0. The van der Waals surface area contributed by atoms with Crippen LogP contribution < -0.4 is 4.74 Å². The Morgan fingerprint density at radius 1 is 1.24 bits per heavy atom. The second kappa shape index (κ2) is 6.12. The third-order valence-corrected chi connectivity index (χ3v) is 6.59. The zero-order valence-electron chi connectivity index (χ0n) is 16.5.